The van der Waals surface area contributed by atoms with Crippen LogP contribution in [0, 0.1) is 23.7 Å². The van der Waals surface area contributed by atoms with Crippen molar-refractivity contribution in [2.45, 2.75) is 25.9 Å². The van der Waals surface area contributed by atoms with Crippen molar-refractivity contribution >= 4 is 35.1 Å². The standard InChI is InChI=1S/C19H20N2O6/c1-9(22)20-11-2-4-12(5-3-11)21-15(23)8-26-18(24)16-10-6-13-14(7-10)27-19(25)17(13)16/h2-5,10,13-14,16-17H,6-8H2,1H3,(H,20,22)(H,21,23)/t10-,13+,14+,16-,17+/m1/s1. The van der Waals surface area contributed by atoms with Gasteiger partial charge in [0.2, 0.25) is 5.91 Å². The highest BCUT2D eigenvalue weighted by Crippen LogP contribution is 2.57. The number of carbonyl (C=O) groups excluding carboxylic acids is 4. The Morgan fingerprint density at radius 3 is 2.44 bits per heavy atom. The second-order valence-electron chi connectivity index (χ2n) is 7.34. The lowest BCUT2D eigenvalue weighted by Gasteiger charge is -2.22. The molecule has 2 aliphatic carbocycles. The molecule has 2 saturated carbocycles. The maximum absolute atomic E-state index is 12.4. The molecule has 2 amide bonds. The van der Waals surface area contributed by atoms with Gasteiger partial charge >= 0.3 is 11.9 Å². The van der Waals surface area contributed by atoms with E-state index >= 15 is 0 Å². The summed E-state index contributed by atoms with van der Waals surface area (Å²) in [6.07, 6.45) is 1.48. The van der Waals surface area contributed by atoms with E-state index in [-0.39, 0.29) is 29.8 Å². The second-order valence-corrected chi connectivity index (χ2v) is 7.34. The Bertz CT molecular complexity index is 803. The average molecular weight is 372 g/mol. The van der Waals surface area contributed by atoms with E-state index in [1.165, 1.54) is 6.92 Å². The average Bonchev–Trinajstić information content (AvgIpc) is 3.23. The molecule has 27 heavy (non-hydrogen) atoms. The van der Waals surface area contributed by atoms with E-state index in [4.69, 9.17) is 9.47 Å². The number of hydrogen-bond donors (Lipinski definition) is 2. The van der Waals surface area contributed by atoms with Gasteiger partial charge in [-0.2, -0.15) is 0 Å². The minimum Gasteiger partial charge on any atom is -0.462 e. The molecule has 3 fully saturated rings. The Labute approximate surface area is 155 Å². The summed E-state index contributed by atoms with van der Waals surface area (Å²) in [6.45, 7) is 0.997. The van der Waals surface area contributed by atoms with Gasteiger partial charge in [0.25, 0.3) is 5.91 Å². The fourth-order valence-corrected chi connectivity index (χ4v) is 4.60. The number of carbonyl (C=O) groups is 4. The molecule has 1 saturated heterocycles. The van der Waals surface area contributed by atoms with Crippen molar-refractivity contribution in [3.8, 4) is 0 Å². The molecule has 0 aromatic heterocycles. The number of rotatable bonds is 5. The summed E-state index contributed by atoms with van der Waals surface area (Å²) in [7, 11) is 0. The SMILES string of the molecule is CC(=O)Nc1ccc(NC(=O)COC(=O)[C@@H]2[C@@H]3C[C@@H]4[C@@H]2C(=O)O[C@H]4C3)cc1. The molecule has 0 radical (unpaired) electrons. The third-order valence-corrected chi connectivity index (χ3v) is 5.59. The van der Waals surface area contributed by atoms with Gasteiger partial charge < -0.3 is 20.1 Å². The summed E-state index contributed by atoms with van der Waals surface area (Å²) in [6, 6.07) is 6.58. The largest absolute Gasteiger partial charge is 0.462 e. The maximum Gasteiger partial charge on any atom is 0.310 e. The summed E-state index contributed by atoms with van der Waals surface area (Å²) >= 11 is 0. The highest BCUT2D eigenvalue weighted by molar-refractivity contribution is 5.94. The molecule has 8 nitrogen and oxygen atoms in total. The molecule has 0 spiro atoms. The first kappa shape index (κ1) is 17.5. The molecule has 0 unspecified atom stereocenters. The van der Waals surface area contributed by atoms with Crippen LogP contribution in [0.4, 0.5) is 11.4 Å². The lowest BCUT2D eigenvalue weighted by atomic mass is 9.80. The second kappa shape index (κ2) is 6.68. The summed E-state index contributed by atoms with van der Waals surface area (Å²) < 4.78 is 10.5. The number of esters is 2. The number of anilines is 2. The zero-order chi connectivity index (χ0) is 19.1. The van der Waals surface area contributed by atoms with Crippen LogP contribution in [0.15, 0.2) is 24.3 Å². The van der Waals surface area contributed by atoms with Crippen molar-refractivity contribution < 1.29 is 28.7 Å². The number of ether oxygens (including phenoxy) is 2. The molecule has 1 aromatic rings. The molecule has 5 atom stereocenters. The molecule has 4 rings (SSSR count). The highest BCUT2D eigenvalue weighted by Gasteiger charge is 2.64. The van der Waals surface area contributed by atoms with E-state index in [1.807, 2.05) is 0 Å². The van der Waals surface area contributed by atoms with E-state index in [9.17, 15) is 19.2 Å². The van der Waals surface area contributed by atoms with Crippen LogP contribution in [0.1, 0.15) is 19.8 Å². The van der Waals surface area contributed by atoms with Crippen LogP contribution < -0.4 is 10.6 Å². The zero-order valence-corrected chi connectivity index (χ0v) is 14.8. The van der Waals surface area contributed by atoms with Gasteiger partial charge in [0.1, 0.15) is 6.10 Å². The predicted octanol–water partition coefficient (Wildman–Crippen LogP) is 1.32. The smallest absolute Gasteiger partial charge is 0.310 e. The van der Waals surface area contributed by atoms with Crippen molar-refractivity contribution in [3.63, 3.8) is 0 Å². The van der Waals surface area contributed by atoms with Gasteiger partial charge in [0.15, 0.2) is 6.61 Å². The van der Waals surface area contributed by atoms with E-state index in [1.54, 1.807) is 24.3 Å². The Morgan fingerprint density at radius 1 is 1.11 bits per heavy atom. The molecule has 2 bridgehead atoms. The summed E-state index contributed by atoms with van der Waals surface area (Å²) in [4.78, 5) is 47.4. The van der Waals surface area contributed by atoms with Gasteiger partial charge in [0.05, 0.1) is 11.8 Å². The lowest BCUT2D eigenvalue weighted by Crippen LogP contribution is -2.34. The highest BCUT2D eigenvalue weighted by atomic mass is 16.6. The third kappa shape index (κ3) is 3.27. The van der Waals surface area contributed by atoms with Crippen LogP contribution in [-0.2, 0) is 28.7 Å². The molecular weight excluding hydrogens is 352 g/mol. The number of hydrogen-bond acceptors (Lipinski definition) is 6. The van der Waals surface area contributed by atoms with Gasteiger partial charge in [-0.25, -0.2) is 0 Å². The van der Waals surface area contributed by atoms with Crippen molar-refractivity contribution in [1.82, 2.24) is 0 Å². The van der Waals surface area contributed by atoms with E-state index in [0.717, 1.165) is 6.42 Å². The molecule has 1 aromatic carbocycles. The maximum atomic E-state index is 12.4. The lowest BCUT2D eigenvalue weighted by molar-refractivity contribution is -0.157. The zero-order valence-electron chi connectivity index (χ0n) is 14.8. The Hall–Kier alpha value is -2.90. The van der Waals surface area contributed by atoms with Crippen molar-refractivity contribution in [1.29, 1.82) is 0 Å². The number of nitrogens with one attached hydrogen (secondary N) is 2. The van der Waals surface area contributed by atoms with Crippen molar-refractivity contribution in [2.24, 2.45) is 23.7 Å². The molecule has 1 heterocycles. The Kier molecular flexibility index (Phi) is 4.33. The first-order valence-electron chi connectivity index (χ1n) is 8.97. The van der Waals surface area contributed by atoms with Gasteiger partial charge in [-0.3, -0.25) is 19.2 Å². The minimum atomic E-state index is -0.499. The van der Waals surface area contributed by atoms with Crippen molar-refractivity contribution in [3.05, 3.63) is 24.3 Å². The molecular formula is C19H20N2O6. The van der Waals surface area contributed by atoms with Crippen LogP contribution in [-0.4, -0.2) is 36.5 Å². The summed E-state index contributed by atoms with van der Waals surface area (Å²) in [5.74, 6) is -2.14. The van der Waals surface area contributed by atoms with E-state index in [2.05, 4.69) is 10.6 Å². The summed E-state index contributed by atoms with van der Waals surface area (Å²) in [5, 5.41) is 5.25. The molecule has 1 aliphatic heterocycles. The molecule has 8 heteroatoms. The molecule has 142 valence electrons. The van der Waals surface area contributed by atoms with Crippen LogP contribution in [0.2, 0.25) is 0 Å². The topological polar surface area (TPSA) is 111 Å². The fourth-order valence-electron chi connectivity index (χ4n) is 4.60. The van der Waals surface area contributed by atoms with E-state index < -0.39 is 30.3 Å². The minimum absolute atomic E-state index is 0.0414. The Morgan fingerprint density at radius 2 is 1.78 bits per heavy atom. The predicted molar refractivity (Wildman–Crippen MR) is 93.4 cm³/mol. The van der Waals surface area contributed by atoms with Crippen LogP contribution in [0.25, 0.3) is 0 Å². The van der Waals surface area contributed by atoms with Crippen LogP contribution >= 0.6 is 0 Å². The van der Waals surface area contributed by atoms with E-state index in [0.29, 0.717) is 17.8 Å². The number of benzene rings is 1. The fraction of sp³-hybridized carbons (Fsp3) is 0.474. The van der Waals surface area contributed by atoms with Crippen LogP contribution in [0.5, 0.6) is 0 Å². The normalized spacial score (nSPS) is 30.0. The first-order valence-corrected chi connectivity index (χ1v) is 8.97. The molecule has 3 aliphatic rings. The van der Waals surface area contributed by atoms with Gasteiger partial charge in [-0.15, -0.1) is 0 Å². The van der Waals surface area contributed by atoms with Gasteiger partial charge in [0, 0.05) is 24.2 Å². The monoisotopic (exact) mass is 372 g/mol. The van der Waals surface area contributed by atoms with Crippen molar-refractivity contribution in [2.75, 3.05) is 17.2 Å². The Balaban J connectivity index is 1.29. The summed E-state index contributed by atoms with van der Waals surface area (Å²) in [5.41, 5.74) is 1.14. The molecule has 2 N–H and O–H groups in total. The van der Waals surface area contributed by atoms with Gasteiger partial charge in [-0.05, 0) is 43.0 Å². The first-order chi connectivity index (χ1) is 12.9. The number of fused-ring (bicyclic) bond motifs is 1. The van der Waals surface area contributed by atoms with Crippen LogP contribution in [0.3, 0.4) is 0 Å². The number of amides is 2. The third-order valence-electron chi connectivity index (χ3n) is 5.59. The quantitative estimate of drug-likeness (QED) is 0.755. The van der Waals surface area contributed by atoms with Gasteiger partial charge in [-0.1, -0.05) is 0 Å².